The number of nitrogens with zero attached hydrogens (tertiary/aromatic N) is 1. The summed E-state index contributed by atoms with van der Waals surface area (Å²) < 4.78 is 10.5. The Balaban J connectivity index is 1.58. The Kier molecular flexibility index (Phi) is 4.87. The summed E-state index contributed by atoms with van der Waals surface area (Å²) in [6.45, 7) is 2.75. The highest BCUT2D eigenvalue weighted by atomic mass is 16.5. The summed E-state index contributed by atoms with van der Waals surface area (Å²) in [6, 6.07) is 8.27. The van der Waals surface area contributed by atoms with Crippen molar-refractivity contribution in [1.29, 1.82) is 0 Å². The number of methoxy groups -OCH3 is 1. The van der Waals surface area contributed by atoms with Gasteiger partial charge in [0.1, 0.15) is 5.75 Å². The fraction of sp³-hybridized carbons (Fsp3) is 0.611. The number of rotatable bonds is 3. The van der Waals surface area contributed by atoms with Crippen molar-refractivity contribution < 1.29 is 14.3 Å². The Bertz CT molecular complexity index is 530. The molecular formula is C18H26N2O3. The second-order valence-electron chi connectivity index (χ2n) is 6.61. The molecule has 0 unspecified atom stereocenters. The molecule has 2 aliphatic rings. The smallest absolute Gasteiger partial charge is 0.242 e. The molecule has 1 amide bonds. The molecule has 0 spiro atoms. The van der Waals surface area contributed by atoms with Crippen molar-refractivity contribution in [1.82, 2.24) is 4.90 Å². The van der Waals surface area contributed by atoms with E-state index in [-0.39, 0.29) is 5.91 Å². The molecule has 2 fully saturated rings. The monoisotopic (exact) mass is 318 g/mol. The van der Waals surface area contributed by atoms with Gasteiger partial charge in [-0.1, -0.05) is 12.1 Å². The summed E-state index contributed by atoms with van der Waals surface area (Å²) in [5.74, 6) is 1.49. The van der Waals surface area contributed by atoms with Crippen LogP contribution in [0, 0.1) is 0 Å². The highest BCUT2D eigenvalue weighted by Gasteiger charge is 2.39. The molecule has 0 atom stereocenters. The minimum atomic E-state index is -0.717. The van der Waals surface area contributed by atoms with Crippen LogP contribution in [0.1, 0.15) is 37.2 Å². The van der Waals surface area contributed by atoms with Crippen molar-refractivity contribution in [2.24, 2.45) is 5.73 Å². The van der Waals surface area contributed by atoms with Gasteiger partial charge in [0.25, 0.3) is 0 Å². The molecule has 1 aromatic carbocycles. The Hall–Kier alpha value is -1.59. The van der Waals surface area contributed by atoms with Gasteiger partial charge in [0.05, 0.1) is 12.6 Å². The van der Waals surface area contributed by atoms with Gasteiger partial charge in [0.15, 0.2) is 0 Å². The topological polar surface area (TPSA) is 64.8 Å². The van der Waals surface area contributed by atoms with E-state index < -0.39 is 5.54 Å². The first-order chi connectivity index (χ1) is 11.1. The fourth-order valence-corrected chi connectivity index (χ4v) is 3.56. The first-order valence-electron chi connectivity index (χ1n) is 8.42. The van der Waals surface area contributed by atoms with E-state index in [1.807, 2.05) is 17.0 Å². The molecule has 2 heterocycles. The van der Waals surface area contributed by atoms with Gasteiger partial charge in [0, 0.05) is 26.3 Å². The normalized spacial score (nSPS) is 21.9. The Morgan fingerprint density at radius 1 is 1.22 bits per heavy atom. The van der Waals surface area contributed by atoms with Gasteiger partial charge in [0.2, 0.25) is 5.91 Å². The summed E-state index contributed by atoms with van der Waals surface area (Å²) in [5, 5.41) is 0. The highest BCUT2D eigenvalue weighted by molar-refractivity contribution is 5.86. The predicted molar refractivity (Wildman–Crippen MR) is 88.5 cm³/mol. The molecule has 0 aliphatic carbocycles. The summed E-state index contributed by atoms with van der Waals surface area (Å²) in [6.07, 6.45) is 3.24. The zero-order valence-corrected chi connectivity index (χ0v) is 13.8. The third kappa shape index (κ3) is 3.51. The van der Waals surface area contributed by atoms with E-state index in [1.54, 1.807) is 7.11 Å². The quantitative estimate of drug-likeness (QED) is 0.924. The van der Waals surface area contributed by atoms with E-state index in [9.17, 15) is 4.79 Å². The molecule has 0 saturated carbocycles. The lowest BCUT2D eigenvalue weighted by atomic mass is 9.86. The van der Waals surface area contributed by atoms with E-state index in [0.717, 1.165) is 31.7 Å². The standard InChI is InChI=1S/C18H26N2O3/c1-22-16-4-2-14(3-5-16)15-6-10-20(11-7-15)17(21)18(19)8-12-23-13-9-18/h2-5,15H,6-13,19H2,1H3. The molecule has 126 valence electrons. The van der Waals surface area contributed by atoms with E-state index in [4.69, 9.17) is 15.2 Å². The molecular weight excluding hydrogens is 292 g/mol. The zero-order valence-electron chi connectivity index (χ0n) is 13.8. The first-order valence-corrected chi connectivity index (χ1v) is 8.42. The van der Waals surface area contributed by atoms with Crippen molar-refractivity contribution >= 4 is 5.91 Å². The number of nitrogens with two attached hydrogens (primary N) is 1. The number of carbonyl (C=O) groups excluding carboxylic acids is 1. The van der Waals surface area contributed by atoms with Crippen LogP contribution in [0.2, 0.25) is 0 Å². The second-order valence-corrected chi connectivity index (χ2v) is 6.61. The van der Waals surface area contributed by atoms with Gasteiger partial charge in [-0.3, -0.25) is 4.79 Å². The van der Waals surface area contributed by atoms with E-state index in [0.29, 0.717) is 32.0 Å². The van der Waals surface area contributed by atoms with Gasteiger partial charge in [-0.05, 0) is 49.3 Å². The van der Waals surface area contributed by atoms with Crippen LogP contribution in [0.5, 0.6) is 5.75 Å². The van der Waals surface area contributed by atoms with Crippen LogP contribution < -0.4 is 10.5 Å². The summed E-state index contributed by atoms with van der Waals surface area (Å²) in [4.78, 5) is 14.7. The Morgan fingerprint density at radius 2 is 1.83 bits per heavy atom. The van der Waals surface area contributed by atoms with Gasteiger partial charge in [-0.15, -0.1) is 0 Å². The maximum Gasteiger partial charge on any atom is 0.242 e. The maximum absolute atomic E-state index is 12.7. The van der Waals surface area contributed by atoms with Crippen molar-refractivity contribution in [3.8, 4) is 5.75 Å². The molecule has 1 aromatic rings. The van der Waals surface area contributed by atoms with Gasteiger partial charge >= 0.3 is 0 Å². The molecule has 5 nitrogen and oxygen atoms in total. The average molecular weight is 318 g/mol. The van der Waals surface area contributed by atoms with Crippen molar-refractivity contribution in [3.63, 3.8) is 0 Å². The molecule has 0 radical (unpaired) electrons. The van der Waals surface area contributed by atoms with Crippen LogP contribution in [-0.2, 0) is 9.53 Å². The molecule has 3 rings (SSSR count). The summed E-state index contributed by atoms with van der Waals surface area (Å²) >= 11 is 0. The molecule has 23 heavy (non-hydrogen) atoms. The van der Waals surface area contributed by atoms with Crippen LogP contribution in [0.4, 0.5) is 0 Å². The molecule has 0 bridgehead atoms. The SMILES string of the molecule is COc1ccc(C2CCN(C(=O)C3(N)CCOCC3)CC2)cc1. The number of hydrogen-bond acceptors (Lipinski definition) is 4. The number of carbonyl (C=O) groups is 1. The van der Waals surface area contributed by atoms with Crippen molar-refractivity contribution in [2.75, 3.05) is 33.4 Å². The van der Waals surface area contributed by atoms with Gasteiger partial charge < -0.3 is 20.1 Å². The largest absolute Gasteiger partial charge is 0.497 e. The molecule has 5 heteroatoms. The number of piperidine rings is 1. The highest BCUT2D eigenvalue weighted by Crippen LogP contribution is 2.31. The van der Waals surface area contributed by atoms with Crippen LogP contribution in [0.25, 0.3) is 0 Å². The third-order valence-corrected chi connectivity index (χ3v) is 5.18. The number of amides is 1. The number of ether oxygens (including phenoxy) is 2. The van der Waals surface area contributed by atoms with Crippen molar-refractivity contribution in [2.45, 2.75) is 37.1 Å². The average Bonchev–Trinajstić information content (AvgIpc) is 2.62. The lowest BCUT2D eigenvalue weighted by Crippen LogP contribution is -2.59. The van der Waals surface area contributed by atoms with Gasteiger partial charge in [-0.2, -0.15) is 0 Å². The first kappa shape index (κ1) is 16.3. The zero-order chi connectivity index (χ0) is 16.3. The molecule has 2 saturated heterocycles. The summed E-state index contributed by atoms with van der Waals surface area (Å²) in [5.41, 5.74) is 6.93. The molecule has 0 aromatic heterocycles. The number of likely N-dealkylation sites (tertiary alicyclic amines) is 1. The van der Waals surface area contributed by atoms with Crippen LogP contribution in [0.15, 0.2) is 24.3 Å². The lowest BCUT2D eigenvalue weighted by Gasteiger charge is -2.40. The fourth-order valence-electron chi connectivity index (χ4n) is 3.56. The maximum atomic E-state index is 12.7. The van der Waals surface area contributed by atoms with E-state index in [2.05, 4.69) is 12.1 Å². The minimum Gasteiger partial charge on any atom is -0.497 e. The van der Waals surface area contributed by atoms with E-state index >= 15 is 0 Å². The van der Waals surface area contributed by atoms with E-state index in [1.165, 1.54) is 5.56 Å². The number of benzene rings is 1. The lowest BCUT2D eigenvalue weighted by molar-refractivity contribution is -0.141. The van der Waals surface area contributed by atoms with Crippen LogP contribution in [0.3, 0.4) is 0 Å². The molecule has 2 aliphatic heterocycles. The minimum absolute atomic E-state index is 0.106. The Labute approximate surface area is 137 Å². The van der Waals surface area contributed by atoms with Crippen LogP contribution in [-0.4, -0.2) is 49.8 Å². The van der Waals surface area contributed by atoms with Gasteiger partial charge in [-0.25, -0.2) is 0 Å². The van der Waals surface area contributed by atoms with Crippen molar-refractivity contribution in [3.05, 3.63) is 29.8 Å². The second kappa shape index (κ2) is 6.89. The Morgan fingerprint density at radius 3 is 2.39 bits per heavy atom. The predicted octanol–water partition coefficient (Wildman–Crippen LogP) is 1.91. The molecule has 2 N–H and O–H groups in total. The summed E-state index contributed by atoms with van der Waals surface area (Å²) in [7, 11) is 1.68. The van der Waals surface area contributed by atoms with Crippen LogP contribution >= 0.6 is 0 Å². The third-order valence-electron chi connectivity index (χ3n) is 5.18. The number of hydrogen-bond donors (Lipinski definition) is 1.